The molecule has 0 aromatic heterocycles. The molecule has 126 valence electrons. The van der Waals surface area contributed by atoms with Crippen LogP contribution in [0.25, 0.3) is 0 Å². The molecule has 0 atom stereocenters. The number of anilines is 1. The van der Waals surface area contributed by atoms with Crippen molar-refractivity contribution in [1.82, 2.24) is 0 Å². The summed E-state index contributed by atoms with van der Waals surface area (Å²) in [6.07, 6.45) is 0. The summed E-state index contributed by atoms with van der Waals surface area (Å²) in [5.74, 6) is -0.471. The average molecular weight is 348 g/mol. The summed E-state index contributed by atoms with van der Waals surface area (Å²) in [6, 6.07) is 12.4. The largest absolute Gasteiger partial charge is 0.482 e. The number of rotatable bonds is 6. The number of hydrogen-bond donors (Lipinski definition) is 1. The lowest BCUT2D eigenvalue weighted by Gasteiger charge is -2.10. The number of ether oxygens (including phenoxy) is 2. The molecule has 1 N–H and O–H groups in total. The molecule has 0 aliphatic carbocycles. The Morgan fingerprint density at radius 3 is 2.42 bits per heavy atom. The first kappa shape index (κ1) is 17.8. The van der Waals surface area contributed by atoms with Gasteiger partial charge in [0.15, 0.2) is 13.2 Å². The highest BCUT2D eigenvalue weighted by atomic mass is 35.5. The predicted molar refractivity (Wildman–Crippen MR) is 92.5 cm³/mol. The molecule has 0 unspecified atom stereocenters. The summed E-state index contributed by atoms with van der Waals surface area (Å²) < 4.78 is 10.2. The Labute approximate surface area is 145 Å². The van der Waals surface area contributed by atoms with Crippen molar-refractivity contribution >= 4 is 29.2 Å². The second-order valence-corrected chi connectivity index (χ2v) is 5.71. The minimum absolute atomic E-state index is 0.254. The molecule has 0 heterocycles. The van der Waals surface area contributed by atoms with E-state index in [1.54, 1.807) is 30.3 Å². The van der Waals surface area contributed by atoms with Gasteiger partial charge in [0, 0.05) is 10.7 Å². The van der Waals surface area contributed by atoms with E-state index in [1.165, 1.54) is 0 Å². The number of nitrogens with one attached hydrogen (secondary N) is 1. The van der Waals surface area contributed by atoms with Gasteiger partial charge in [0.25, 0.3) is 5.91 Å². The first-order valence-corrected chi connectivity index (χ1v) is 7.73. The Morgan fingerprint density at radius 2 is 1.75 bits per heavy atom. The molecule has 0 saturated heterocycles. The fourth-order valence-corrected chi connectivity index (χ4v) is 2.14. The predicted octanol–water partition coefficient (Wildman–Crippen LogP) is 3.52. The van der Waals surface area contributed by atoms with Crippen LogP contribution in [0.1, 0.15) is 11.1 Å². The van der Waals surface area contributed by atoms with Crippen LogP contribution < -0.4 is 10.1 Å². The molecular formula is C18H18ClNO4. The standard InChI is InChI=1S/C18H18ClNO4/c1-12-3-6-15(7-4-12)23-11-18(22)24-10-17(21)20-16-8-5-14(19)9-13(16)2/h3-9H,10-11H2,1-2H3,(H,20,21). The van der Waals surface area contributed by atoms with E-state index < -0.39 is 11.9 Å². The van der Waals surface area contributed by atoms with Gasteiger partial charge in [-0.25, -0.2) is 4.79 Å². The second kappa shape index (κ2) is 8.36. The summed E-state index contributed by atoms with van der Waals surface area (Å²) in [6.45, 7) is 3.15. The summed E-state index contributed by atoms with van der Waals surface area (Å²) in [5, 5.41) is 3.25. The van der Waals surface area contributed by atoms with E-state index >= 15 is 0 Å². The molecule has 0 aliphatic heterocycles. The number of carbonyl (C=O) groups excluding carboxylic acids is 2. The van der Waals surface area contributed by atoms with Crippen molar-refractivity contribution in [2.45, 2.75) is 13.8 Å². The van der Waals surface area contributed by atoms with Crippen LogP contribution in [0.5, 0.6) is 5.75 Å². The van der Waals surface area contributed by atoms with Crippen LogP contribution in [0.2, 0.25) is 5.02 Å². The van der Waals surface area contributed by atoms with Gasteiger partial charge in [0.2, 0.25) is 0 Å². The van der Waals surface area contributed by atoms with Crippen molar-refractivity contribution in [3.63, 3.8) is 0 Å². The normalized spacial score (nSPS) is 10.1. The summed E-state index contributed by atoms with van der Waals surface area (Å²) in [5.41, 5.74) is 2.54. The molecule has 2 rings (SSSR count). The van der Waals surface area contributed by atoms with E-state index in [0.29, 0.717) is 16.5 Å². The molecule has 0 saturated carbocycles. The smallest absolute Gasteiger partial charge is 0.344 e. The van der Waals surface area contributed by atoms with E-state index in [1.807, 2.05) is 26.0 Å². The zero-order chi connectivity index (χ0) is 17.5. The van der Waals surface area contributed by atoms with Crippen molar-refractivity contribution in [2.24, 2.45) is 0 Å². The molecule has 2 aromatic carbocycles. The maximum absolute atomic E-state index is 11.8. The molecule has 0 aliphatic rings. The lowest BCUT2D eigenvalue weighted by Crippen LogP contribution is -2.24. The van der Waals surface area contributed by atoms with Gasteiger partial charge in [-0.2, -0.15) is 0 Å². The number of hydrogen-bond acceptors (Lipinski definition) is 4. The quantitative estimate of drug-likeness (QED) is 0.812. The Morgan fingerprint density at radius 1 is 1.04 bits per heavy atom. The van der Waals surface area contributed by atoms with Gasteiger partial charge in [-0.1, -0.05) is 29.3 Å². The maximum Gasteiger partial charge on any atom is 0.344 e. The van der Waals surface area contributed by atoms with E-state index in [2.05, 4.69) is 5.32 Å². The van der Waals surface area contributed by atoms with Crippen LogP contribution >= 0.6 is 11.6 Å². The number of aryl methyl sites for hydroxylation is 2. The van der Waals surface area contributed by atoms with E-state index in [4.69, 9.17) is 21.1 Å². The highest BCUT2D eigenvalue weighted by Gasteiger charge is 2.10. The molecule has 2 aromatic rings. The van der Waals surface area contributed by atoms with Crippen LogP contribution in [0, 0.1) is 13.8 Å². The third kappa shape index (κ3) is 5.59. The van der Waals surface area contributed by atoms with E-state index in [0.717, 1.165) is 11.1 Å². The zero-order valence-electron chi connectivity index (χ0n) is 13.5. The summed E-state index contributed by atoms with van der Waals surface area (Å²) in [7, 11) is 0. The van der Waals surface area contributed by atoms with Crippen LogP contribution in [-0.4, -0.2) is 25.1 Å². The molecule has 24 heavy (non-hydrogen) atoms. The van der Waals surface area contributed by atoms with E-state index in [-0.39, 0.29) is 13.2 Å². The molecular weight excluding hydrogens is 330 g/mol. The van der Waals surface area contributed by atoms with Crippen molar-refractivity contribution in [1.29, 1.82) is 0 Å². The van der Waals surface area contributed by atoms with Gasteiger partial charge in [0.1, 0.15) is 5.75 Å². The van der Waals surface area contributed by atoms with Crippen molar-refractivity contribution in [3.8, 4) is 5.75 Å². The van der Waals surface area contributed by atoms with Gasteiger partial charge >= 0.3 is 5.97 Å². The first-order chi connectivity index (χ1) is 11.4. The van der Waals surface area contributed by atoms with Gasteiger partial charge < -0.3 is 14.8 Å². The SMILES string of the molecule is Cc1ccc(OCC(=O)OCC(=O)Nc2ccc(Cl)cc2C)cc1. The van der Waals surface area contributed by atoms with Gasteiger partial charge in [0.05, 0.1) is 0 Å². The number of carbonyl (C=O) groups is 2. The minimum Gasteiger partial charge on any atom is -0.482 e. The Hall–Kier alpha value is -2.53. The number of esters is 1. The van der Waals surface area contributed by atoms with Gasteiger partial charge in [-0.15, -0.1) is 0 Å². The highest BCUT2D eigenvalue weighted by molar-refractivity contribution is 6.30. The van der Waals surface area contributed by atoms with Gasteiger partial charge in [-0.3, -0.25) is 4.79 Å². The lowest BCUT2D eigenvalue weighted by molar-refractivity contribution is -0.149. The third-order valence-corrected chi connectivity index (χ3v) is 3.44. The summed E-state index contributed by atoms with van der Waals surface area (Å²) in [4.78, 5) is 23.4. The van der Waals surface area contributed by atoms with Crippen molar-refractivity contribution in [3.05, 3.63) is 58.6 Å². The molecule has 0 fully saturated rings. The van der Waals surface area contributed by atoms with E-state index in [9.17, 15) is 9.59 Å². The first-order valence-electron chi connectivity index (χ1n) is 7.35. The maximum atomic E-state index is 11.8. The topological polar surface area (TPSA) is 64.6 Å². The molecule has 0 spiro atoms. The van der Waals surface area contributed by atoms with Crippen molar-refractivity contribution in [2.75, 3.05) is 18.5 Å². The van der Waals surface area contributed by atoms with Crippen molar-refractivity contribution < 1.29 is 19.1 Å². The van der Waals surface area contributed by atoms with Gasteiger partial charge in [-0.05, 0) is 49.7 Å². The number of halogens is 1. The summed E-state index contributed by atoms with van der Waals surface area (Å²) >= 11 is 5.85. The second-order valence-electron chi connectivity index (χ2n) is 5.27. The Kier molecular flexibility index (Phi) is 6.21. The average Bonchev–Trinajstić information content (AvgIpc) is 2.55. The fourth-order valence-electron chi connectivity index (χ4n) is 1.92. The monoisotopic (exact) mass is 347 g/mol. The van der Waals surface area contributed by atoms with Crippen LogP contribution in [-0.2, 0) is 14.3 Å². The van der Waals surface area contributed by atoms with Crippen LogP contribution in [0.4, 0.5) is 5.69 Å². The Balaban J connectivity index is 1.74. The highest BCUT2D eigenvalue weighted by Crippen LogP contribution is 2.19. The third-order valence-electron chi connectivity index (χ3n) is 3.20. The lowest BCUT2D eigenvalue weighted by atomic mass is 10.2. The number of amides is 1. The van der Waals surface area contributed by atoms with Crippen LogP contribution in [0.15, 0.2) is 42.5 Å². The minimum atomic E-state index is -0.612. The molecule has 0 radical (unpaired) electrons. The molecule has 1 amide bonds. The number of benzene rings is 2. The molecule has 6 heteroatoms. The zero-order valence-corrected chi connectivity index (χ0v) is 14.2. The Bertz CT molecular complexity index is 728. The van der Waals surface area contributed by atoms with Crippen LogP contribution in [0.3, 0.4) is 0 Å². The molecule has 5 nitrogen and oxygen atoms in total. The fraction of sp³-hybridized carbons (Fsp3) is 0.222. The molecule has 0 bridgehead atoms.